The molecular formula is C40H40FN3O8. The van der Waals surface area contributed by atoms with E-state index in [-0.39, 0.29) is 43.6 Å². The molecule has 52 heavy (non-hydrogen) atoms. The average Bonchev–Trinajstić information content (AvgIpc) is 3.46. The van der Waals surface area contributed by atoms with E-state index in [4.69, 9.17) is 4.74 Å². The molecule has 270 valence electrons. The first-order valence-electron chi connectivity index (χ1n) is 16.9. The predicted molar refractivity (Wildman–Crippen MR) is 193 cm³/mol. The van der Waals surface area contributed by atoms with E-state index in [1.807, 2.05) is 66.9 Å². The fourth-order valence-electron chi connectivity index (χ4n) is 6.19. The van der Waals surface area contributed by atoms with Crippen LogP contribution in [-0.4, -0.2) is 44.0 Å². The molecular weight excluding hydrogens is 669 g/mol. The maximum atomic E-state index is 14.2. The number of ether oxygens (including phenoxy) is 1. The lowest BCUT2D eigenvalue weighted by molar-refractivity contribution is -0.763. The molecule has 0 saturated carbocycles. The Balaban J connectivity index is 1.41. The van der Waals surface area contributed by atoms with Gasteiger partial charge in [0, 0.05) is 23.5 Å². The van der Waals surface area contributed by atoms with E-state index in [0.29, 0.717) is 39.3 Å². The van der Waals surface area contributed by atoms with Crippen LogP contribution in [0.4, 0.5) is 10.1 Å². The third-order valence-electron chi connectivity index (χ3n) is 8.39. The topological polar surface area (TPSA) is 153 Å². The number of amides is 1. The number of para-hydroxylation sites is 1. The lowest BCUT2D eigenvalue weighted by Crippen LogP contribution is -2.24. The van der Waals surface area contributed by atoms with Crippen LogP contribution in [0.5, 0.6) is 5.75 Å². The van der Waals surface area contributed by atoms with E-state index >= 15 is 0 Å². The first-order chi connectivity index (χ1) is 25.0. The van der Waals surface area contributed by atoms with E-state index in [2.05, 4.69) is 10.2 Å². The zero-order valence-corrected chi connectivity index (χ0v) is 28.8. The molecule has 12 heteroatoms. The van der Waals surface area contributed by atoms with Crippen molar-refractivity contribution < 1.29 is 38.9 Å². The highest BCUT2D eigenvalue weighted by atomic mass is 19.1. The van der Waals surface area contributed by atoms with Gasteiger partial charge in [-0.05, 0) is 84.0 Å². The van der Waals surface area contributed by atoms with E-state index in [1.54, 1.807) is 36.4 Å². The molecule has 0 saturated heterocycles. The number of hydrogen-bond donors (Lipinski definition) is 3. The van der Waals surface area contributed by atoms with Crippen LogP contribution in [-0.2, 0) is 22.8 Å². The van der Waals surface area contributed by atoms with Gasteiger partial charge in [0.2, 0.25) is 0 Å². The minimum atomic E-state index is -1.23. The van der Waals surface area contributed by atoms with Crippen LogP contribution < -0.4 is 10.1 Å². The minimum Gasteiger partial charge on any atom is -0.426 e. The average molecular weight is 710 g/mol. The maximum Gasteiger partial charge on any atom is 0.313 e. The van der Waals surface area contributed by atoms with Gasteiger partial charge in [-0.15, -0.1) is 10.1 Å². The van der Waals surface area contributed by atoms with E-state index < -0.39 is 35.5 Å². The molecule has 0 aliphatic rings. The van der Waals surface area contributed by atoms with Crippen molar-refractivity contribution >= 4 is 17.6 Å². The van der Waals surface area contributed by atoms with Gasteiger partial charge in [0.1, 0.15) is 18.2 Å². The van der Waals surface area contributed by atoms with E-state index in [1.165, 1.54) is 24.3 Å². The monoisotopic (exact) mass is 709 g/mol. The summed E-state index contributed by atoms with van der Waals surface area (Å²) in [7, 11) is 0. The number of aliphatic hydroxyl groups is 2. The van der Waals surface area contributed by atoms with Crippen LogP contribution in [0.15, 0.2) is 109 Å². The fourth-order valence-corrected chi connectivity index (χ4v) is 6.19. The number of esters is 1. The number of nitrogens with zero attached hydrogens (tertiary/aromatic N) is 2. The van der Waals surface area contributed by atoms with Gasteiger partial charge in [0.15, 0.2) is 0 Å². The molecule has 2 atom stereocenters. The normalized spacial score (nSPS) is 12.3. The van der Waals surface area contributed by atoms with Crippen LogP contribution in [0.1, 0.15) is 60.6 Å². The van der Waals surface area contributed by atoms with Gasteiger partial charge < -0.3 is 29.7 Å². The summed E-state index contributed by atoms with van der Waals surface area (Å²) in [5, 5.41) is 34.5. The highest BCUT2D eigenvalue weighted by Gasteiger charge is 2.31. The number of nitrogens with one attached hydrogen (secondary N) is 1. The standard InChI is InChI=1S/C40H40FN3O8/c1-26(2)38-37(40(48)42-31-13-7-4-8-14-31)36(28-11-5-3-6-12-28)39(29-16-18-30(41)19-17-29)43(38)21-20-32(45)23-33(46)24-35(47)52-34-15-9-10-27(22-34)25-51-44(49)50/h3-19,22,26,32-33,45-46H,20-21,23-25H2,1-2H3,(H,42,48). The Morgan fingerprint density at radius 3 is 2.21 bits per heavy atom. The molecule has 5 rings (SSSR count). The van der Waals surface area contributed by atoms with Crippen molar-refractivity contribution in [3.8, 4) is 28.1 Å². The summed E-state index contributed by atoms with van der Waals surface area (Å²) in [5.74, 6) is -1.50. The summed E-state index contributed by atoms with van der Waals surface area (Å²) in [4.78, 5) is 41.7. The Morgan fingerprint density at radius 2 is 1.56 bits per heavy atom. The second kappa shape index (κ2) is 17.4. The van der Waals surface area contributed by atoms with Crippen molar-refractivity contribution in [2.45, 2.75) is 64.4 Å². The Bertz CT molecular complexity index is 1980. The largest absolute Gasteiger partial charge is 0.426 e. The van der Waals surface area contributed by atoms with Crippen molar-refractivity contribution in [2.75, 3.05) is 5.32 Å². The highest BCUT2D eigenvalue weighted by molar-refractivity contribution is 6.12. The summed E-state index contributed by atoms with van der Waals surface area (Å²) in [6.07, 6.45) is -2.67. The van der Waals surface area contributed by atoms with Crippen LogP contribution in [0.2, 0.25) is 0 Å². The molecule has 0 fully saturated rings. The molecule has 0 aliphatic heterocycles. The second-order valence-corrected chi connectivity index (χ2v) is 12.6. The molecule has 1 aromatic heterocycles. The zero-order chi connectivity index (χ0) is 37.2. The lowest BCUT2D eigenvalue weighted by Gasteiger charge is -2.20. The predicted octanol–water partition coefficient (Wildman–Crippen LogP) is 7.54. The molecule has 5 aromatic rings. The van der Waals surface area contributed by atoms with Crippen molar-refractivity contribution in [3.63, 3.8) is 0 Å². The van der Waals surface area contributed by atoms with Gasteiger partial charge in [-0.3, -0.25) is 9.59 Å². The number of anilines is 1. The van der Waals surface area contributed by atoms with Gasteiger partial charge in [0.05, 0.1) is 29.9 Å². The Hall–Kier alpha value is -5.85. The summed E-state index contributed by atoms with van der Waals surface area (Å²) in [6.45, 7) is 3.87. The molecule has 1 amide bonds. The SMILES string of the molecule is CC(C)c1c(C(=O)Nc2ccccc2)c(-c2ccccc2)c(-c2ccc(F)cc2)n1CCC(O)CC(O)CC(=O)Oc1cccc(CO[N+](=O)[O-])c1. The summed E-state index contributed by atoms with van der Waals surface area (Å²) in [5.41, 5.74) is 5.00. The summed E-state index contributed by atoms with van der Waals surface area (Å²) < 4.78 is 21.5. The number of carbonyl (C=O) groups excluding carboxylic acids is 2. The molecule has 0 spiro atoms. The van der Waals surface area contributed by atoms with E-state index in [0.717, 1.165) is 5.56 Å². The number of benzene rings is 4. The lowest BCUT2D eigenvalue weighted by atomic mass is 9.94. The first-order valence-corrected chi connectivity index (χ1v) is 16.9. The quantitative estimate of drug-likeness (QED) is 0.0411. The molecule has 2 unspecified atom stereocenters. The number of hydrogen-bond acceptors (Lipinski definition) is 8. The third kappa shape index (κ3) is 9.68. The highest BCUT2D eigenvalue weighted by Crippen LogP contribution is 2.42. The van der Waals surface area contributed by atoms with Crippen molar-refractivity contribution in [1.29, 1.82) is 0 Å². The molecule has 0 aliphatic carbocycles. The molecule has 11 nitrogen and oxygen atoms in total. The van der Waals surface area contributed by atoms with Gasteiger partial charge in [0.25, 0.3) is 11.0 Å². The Labute approximate surface area is 300 Å². The number of carbonyl (C=O) groups is 2. The number of aliphatic hydroxyl groups excluding tert-OH is 2. The van der Waals surface area contributed by atoms with Gasteiger partial charge >= 0.3 is 5.97 Å². The zero-order valence-electron chi connectivity index (χ0n) is 28.8. The fraction of sp³-hybridized carbons (Fsp3) is 0.250. The van der Waals surface area contributed by atoms with Crippen molar-refractivity contribution in [3.05, 3.63) is 142 Å². The van der Waals surface area contributed by atoms with Gasteiger partial charge in [-0.2, -0.15) is 0 Å². The van der Waals surface area contributed by atoms with Gasteiger partial charge in [-0.25, -0.2) is 4.39 Å². The smallest absolute Gasteiger partial charge is 0.313 e. The summed E-state index contributed by atoms with van der Waals surface area (Å²) in [6, 6.07) is 30.7. The van der Waals surface area contributed by atoms with Crippen molar-refractivity contribution in [1.82, 2.24) is 4.57 Å². The van der Waals surface area contributed by atoms with Crippen LogP contribution in [0, 0.1) is 15.9 Å². The van der Waals surface area contributed by atoms with Crippen LogP contribution in [0.25, 0.3) is 22.4 Å². The molecule has 0 radical (unpaired) electrons. The van der Waals surface area contributed by atoms with Gasteiger partial charge in [-0.1, -0.05) is 74.5 Å². The number of rotatable bonds is 16. The first kappa shape index (κ1) is 37.4. The minimum absolute atomic E-state index is 0.130. The Morgan fingerprint density at radius 1 is 0.885 bits per heavy atom. The molecule has 1 heterocycles. The van der Waals surface area contributed by atoms with Crippen LogP contribution in [0.3, 0.4) is 0 Å². The number of halogens is 1. The van der Waals surface area contributed by atoms with Crippen LogP contribution >= 0.6 is 0 Å². The molecule has 3 N–H and O–H groups in total. The van der Waals surface area contributed by atoms with E-state index in [9.17, 15) is 34.3 Å². The number of aromatic nitrogens is 1. The second-order valence-electron chi connectivity index (χ2n) is 12.6. The Kier molecular flexibility index (Phi) is 12.5. The summed E-state index contributed by atoms with van der Waals surface area (Å²) >= 11 is 0. The van der Waals surface area contributed by atoms with Crippen molar-refractivity contribution in [2.24, 2.45) is 0 Å². The molecule has 4 aromatic carbocycles. The molecule has 0 bridgehead atoms. The maximum absolute atomic E-state index is 14.2. The third-order valence-corrected chi connectivity index (χ3v) is 8.39.